The van der Waals surface area contributed by atoms with Crippen LogP contribution in [0.15, 0.2) is 0 Å². The van der Waals surface area contributed by atoms with Crippen LogP contribution in [0.5, 0.6) is 0 Å². The molecule has 1 saturated carbocycles. The highest BCUT2D eigenvalue weighted by atomic mass is 14.3. The van der Waals surface area contributed by atoms with Gasteiger partial charge in [-0.05, 0) is 49.9 Å². The molecule has 1 heteroatoms. The van der Waals surface area contributed by atoms with Gasteiger partial charge in [0, 0.05) is 5.92 Å². The van der Waals surface area contributed by atoms with Gasteiger partial charge < -0.3 is 0 Å². The van der Waals surface area contributed by atoms with Crippen LogP contribution >= 0.6 is 0 Å². The van der Waals surface area contributed by atoms with Gasteiger partial charge in [-0.3, -0.25) is 0 Å². The molecule has 0 amide bonds. The monoisotopic (exact) mass is 249 g/mol. The summed E-state index contributed by atoms with van der Waals surface area (Å²) in [6.07, 6.45) is 10.9. The minimum atomic E-state index is 0.224. The van der Waals surface area contributed by atoms with Crippen LogP contribution in [0.3, 0.4) is 0 Å². The van der Waals surface area contributed by atoms with Gasteiger partial charge in [-0.25, -0.2) is 0 Å². The molecule has 0 heterocycles. The normalized spacial score (nSPS) is 27.6. The van der Waals surface area contributed by atoms with Crippen molar-refractivity contribution in [3.8, 4) is 6.07 Å². The molecule has 0 aliphatic heterocycles. The number of nitrogens with zero attached hydrogens (tertiary/aromatic N) is 1. The molecule has 0 aromatic rings. The summed E-state index contributed by atoms with van der Waals surface area (Å²) in [6.45, 7) is 9.26. The molecule has 0 N–H and O–H groups in total. The molecule has 1 fully saturated rings. The van der Waals surface area contributed by atoms with E-state index in [4.69, 9.17) is 5.26 Å². The lowest BCUT2D eigenvalue weighted by Crippen LogP contribution is -2.21. The maximum absolute atomic E-state index is 8.90. The second kappa shape index (κ2) is 7.17. The third-order valence-electron chi connectivity index (χ3n) is 4.52. The number of rotatable bonds is 4. The van der Waals surface area contributed by atoms with Crippen molar-refractivity contribution in [1.82, 2.24) is 0 Å². The zero-order chi connectivity index (χ0) is 13.6. The number of hydrogen-bond acceptors (Lipinski definition) is 1. The van der Waals surface area contributed by atoms with Gasteiger partial charge in [-0.2, -0.15) is 5.26 Å². The highest BCUT2D eigenvalue weighted by molar-refractivity contribution is 4.82. The SMILES string of the molecule is CC(C#N)CC(C)CC1CCCCCC(C)(C)C1. The Morgan fingerprint density at radius 3 is 2.61 bits per heavy atom. The molecule has 1 aliphatic carbocycles. The fraction of sp³-hybridized carbons (Fsp3) is 0.941. The lowest BCUT2D eigenvalue weighted by molar-refractivity contribution is 0.185. The standard InChI is InChI=1S/C17H31N/c1-14(10-15(2)13-18)11-16-8-6-5-7-9-17(3,4)12-16/h14-16H,5-12H2,1-4H3. The molecule has 0 radical (unpaired) electrons. The first-order valence-electron chi connectivity index (χ1n) is 7.82. The largest absolute Gasteiger partial charge is 0.198 e. The second-order valence-electron chi connectivity index (χ2n) is 7.44. The van der Waals surface area contributed by atoms with E-state index in [1.807, 2.05) is 0 Å². The highest BCUT2D eigenvalue weighted by Gasteiger charge is 2.26. The van der Waals surface area contributed by atoms with E-state index in [1.54, 1.807) is 0 Å². The van der Waals surface area contributed by atoms with Crippen LogP contribution in [0.1, 0.15) is 79.1 Å². The molecule has 0 saturated heterocycles. The van der Waals surface area contributed by atoms with Gasteiger partial charge in [-0.1, -0.05) is 46.5 Å². The predicted molar refractivity (Wildman–Crippen MR) is 78.1 cm³/mol. The van der Waals surface area contributed by atoms with Crippen LogP contribution < -0.4 is 0 Å². The zero-order valence-corrected chi connectivity index (χ0v) is 12.8. The Labute approximate surface area is 114 Å². The van der Waals surface area contributed by atoms with Crippen molar-refractivity contribution >= 4 is 0 Å². The average molecular weight is 249 g/mol. The molecule has 18 heavy (non-hydrogen) atoms. The lowest BCUT2D eigenvalue weighted by atomic mass is 9.72. The summed E-state index contributed by atoms with van der Waals surface area (Å²) in [4.78, 5) is 0. The molecule has 0 spiro atoms. The maximum atomic E-state index is 8.90. The third kappa shape index (κ3) is 5.89. The quantitative estimate of drug-likeness (QED) is 0.640. The maximum Gasteiger partial charge on any atom is 0.0652 e. The van der Waals surface area contributed by atoms with E-state index in [0.717, 1.165) is 12.3 Å². The smallest absolute Gasteiger partial charge is 0.0652 e. The summed E-state index contributed by atoms with van der Waals surface area (Å²) in [6, 6.07) is 2.37. The Balaban J connectivity index is 2.45. The van der Waals surface area contributed by atoms with Crippen LogP contribution in [0.25, 0.3) is 0 Å². The van der Waals surface area contributed by atoms with Crippen LogP contribution in [-0.2, 0) is 0 Å². The molecule has 3 unspecified atom stereocenters. The summed E-state index contributed by atoms with van der Waals surface area (Å²) in [5.74, 6) is 1.82. The Morgan fingerprint density at radius 1 is 1.22 bits per heavy atom. The summed E-state index contributed by atoms with van der Waals surface area (Å²) in [7, 11) is 0. The third-order valence-corrected chi connectivity index (χ3v) is 4.52. The summed E-state index contributed by atoms with van der Waals surface area (Å²) < 4.78 is 0. The summed E-state index contributed by atoms with van der Waals surface area (Å²) >= 11 is 0. The fourth-order valence-electron chi connectivity index (χ4n) is 3.72. The first-order chi connectivity index (χ1) is 8.43. The van der Waals surface area contributed by atoms with E-state index < -0.39 is 0 Å². The second-order valence-corrected chi connectivity index (χ2v) is 7.44. The van der Waals surface area contributed by atoms with Crippen molar-refractivity contribution in [1.29, 1.82) is 5.26 Å². The molecular weight excluding hydrogens is 218 g/mol. The minimum Gasteiger partial charge on any atom is -0.198 e. The molecule has 0 aromatic heterocycles. The summed E-state index contributed by atoms with van der Waals surface area (Å²) in [5, 5.41) is 8.90. The Hall–Kier alpha value is -0.510. The van der Waals surface area contributed by atoms with E-state index in [9.17, 15) is 0 Å². The van der Waals surface area contributed by atoms with Crippen LogP contribution in [0.2, 0.25) is 0 Å². The van der Waals surface area contributed by atoms with Gasteiger partial charge in [0.25, 0.3) is 0 Å². The van der Waals surface area contributed by atoms with Crippen molar-refractivity contribution in [3.05, 3.63) is 0 Å². The molecule has 1 rings (SSSR count). The Morgan fingerprint density at radius 2 is 1.94 bits per heavy atom. The minimum absolute atomic E-state index is 0.224. The molecular formula is C17H31N. The van der Waals surface area contributed by atoms with E-state index in [0.29, 0.717) is 11.3 Å². The molecule has 0 aromatic carbocycles. The van der Waals surface area contributed by atoms with Crippen molar-refractivity contribution in [2.75, 3.05) is 0 Å². The fourth-order valence-corrected chi connectivity index (χ4v) is 3.72. The first kappa shape index (κ1) is 15.5. The van der Waals surface area contributed by atoms with E-state index in [1.165, 1.54) is 44.9 Å². The van der Waals surface area contributed by atoms with Crippen molar-refractivity contribution < 1.29 is 0 Å². The van der Waals surface area contributed by atoms with Gasteiger partial charge in [0.2, 0.25) is 0 Å². The van der Waals surface area contributed by atoms with Crippen LogP contribution in [0, 0.1) is 34.5 Å². The topological polar surface area (TPSA) is 23.8 Å². The zero-order valence-electron chi connectivity index (χ0n) is 12.8. The van der Waals surface area contributed by atoms with Crippen LogP contribution in [-0.4, -0.2) is 0 Å². The average Bonchev–Trinajstić information content (AvgIpc) is 2.25. The first-order valence-corrected chi connectivity index (χ1v) is 7.82. The highest BCUT2D eigenvalue weighted by Crippen LogP contribution is 2.38. The molecule has 0 bridgehead atoms. The Bertz CT molecular complexity index is 274. The van der Waals surface area contributed by atoms with Gasteiger partial charge >= 0.3 is 0 Å². The van der Waals surface area contributed by atoms with Gasteiger partial charge in [0.1, 0.15) is 0 Å². The molecule has 104 valence electrons. The van der Waals surface area contributed by atoms with Crippen molar-refractivity contribution in [3.63, 3.8) is 0 Å². The number of nitriles is 1. The van der Waals surface area contributed by atoms with Gasteiger partial charge in [0.05, 0.1) is 6.07 Å². The number of hydrogen-bond donors (Lipinski definition) is 0. The van der Waals surface area contributed by atoms with Crippen molar-refractivity contribution in [2.24, 2.45) is 23.2 Å². The van der Waals surface area contributed by atoms with E-state index in [-0.39, 0.29) is 5.92 Å². The van der Waals surface area contributed by atoms with Gasteiger partial charge in [0.15, 0.2) is 0 Å². The predicted octanol–water partition coefficient (Wildman–Crippen LogP) is 5.56. The van der Waals surface area contributed by atoms with Crippen molar-refractivity contribution in [2.45, 2.75) is 79.1 Å². The van der Waals surface area contributed by atoms with E-state index in [2.05, 4.69) is 33.8 Å². The van der Waals surface area contributed by atoms with Crippen LogP contribution in [0.4, 0.5) is 0 Å². The van der Waals surface area contributed by atoms with Gasteiger partial charge in [-0.15, -0.1) is 0 Å². The van der Waals surface area contributed by atoms with E-state index >= 15 is 0 Å². The molecule has 1 nitrogen and oxygen atoms in total. The Kier molecular flexibility index (Phi) is 6.19. The lowest BCUT2D eigenvalue weighted by Gasteiger charge is -2.33. The molecule has 3 atom stereocenters. The molecule has 1 aliphatic rings. The summed E-state index contributed by atoms with van der Waals surface area (Å²) in [5.41, 5.74) is 0.533.